The lowest BCUT2D eigenvalue weighted by Gasteiger charge is -2.11. The van der Waals surface area contributed by atoms with Crippen LogP contribution >= 0.6 is 15.9 Å². The number of carbonyl (C=O) groups is 1. The van der Waals surface area contributed by atoms with Gasteiger partial charge < -0.3 is 14.6 Å². The second-order valence-corrected chi connectivity index (χ2v) is 4.24. The number of aliphatic carboxylic acids is 1. The lowest BCUT2D eigenvalue weighted by atomic mass is 10.1. The molecule has 94 valence electrons. The quantitative estimate of drug-likeness (QED) is 0.621. The molecule has 0 atom stereocenters. The van der Waals surface area contributed by atoms with Gasteiger partial charge in [-0.3, -0.25) is 4.79 Å². The number of alkyl halides is 1. The van der Waals surface area contributed by atoms with E-state index in [0.29, 0.717) is 23.7 Å². The van der Waals surface area contributed by atoms with Gasteiger partial charge in [-0.15, -0.1) is 0 Å². The van der Waals surface area contributed by atoms with Gasteiger partial charge in [-0.25, -0.2) is 0 Å². The molecule has 0 unspecified atom stereocenters. The van der Waals surface area contributed by atoms with Gasteiger partial charge >= 0.3 is 5.97 Å². The molecule has 0 aliphatic carbocycles. The van der Waals surface area contributed by atoms with Crippen molar-refractivity contribution in [3.8, 4) is 11.5 Å². The monoisotopic (exact) mass is 302 g/mol. The number of halogens is 1. The molecule has 0 saturated carbocycles. The highest BCUT2D eigenvalue weighted by molar-refractivity contribution is 9.09. The molecule has 1 N–H and O–H groups in total. The fourth-order valence-corrected chi connectivity index (χ4v) is 1.58. The topological polar surface area (TPSA) is 55.8 Å². The Morgan fingerprint density at radius 3 is 2.76 bits per heavy atom. The van der Waals surface area contributed by atoms with Crippen LogP contribution in [-0.4, -0.2) is 30.1 Å². The summed E-state index contributed by atoms with van der Waals surface area (Å²) in [6.45, 7) is 0.597. The van der Waals surface area contributed by atoms with Gasteiger partial charge in [-0.05, 0) is 24.1 Å². The fourth-order valence-electron chi connectivity index (χ4n) is 1.35. The Morgan fingerprint density at radius 2 is 2.18 bits per heavy atom. The maximum Gasteiger partial charge on any atom is 0.307 e. The number of methoxy groups -OCH3 is 1. The van der Waals surface area contributed by atoms with Crippen LogP contribution in [-0.2, 0) is 11.2 Å². The van der Waals surface area contributed by atoms with E-state index in [-0.39, 0.29) is 6.42 Å². The van der Waals surface area contributed by atoms with Crippen LogP contribution in [0.25, 0.3) is 0 Å². The van der Waals surface area contributed by atoms with Gasteiger partial charge in [-0.2, -0.15) is 0 Å². The minimum absolute atomic E-state index is 0.0158. The third-order valence-corrected chi connectivity index (χ3v) is 2.68. The Balaban J connectivity index is 2.74. The zero-order chi connectivity index (χ0) is 12.7. The van der Waals surface area contributed by atoms with Crippen molar-refractivity contribution in [2.45, 2.75) is 12.8 Å². The molecular formula is C12H15BrO4. The van der Waals surface area contributed by atoms with E-state index in [0.717, 1.165) is 11.8 Å². The van der Waals surface area contributed by atoms with Crippen molar-refractivity contribution in [3.05, 3.63) is 23.8 Å². The van der Waals surface area contributed by atoms with Crippen LogP contribution in [0.5, 0.6) is 11.5 Å². The van der Waals surface area contributed by atoms with Gasteiger partial charge in [0.2, 0.25) is 0 Å². The molecule has 0 aliphatic heterocycles. The molecule has 0 aromatic heterocycles. The summed E-state index contributed by atoms with van der Waals surface area (Å²) in [6.07, 6.45) is 0.887. The predicted molar refractivity (Wildman–Crippen MR) is 68.2 cm³/mol. The number of carboxylic acid groups (broad SMARTS) is 1. The van der Waals surface area contributed by atoms with Crippen LogP contribution in [0.3, 0.4) is 0 Å². The molecule has 1 aromatic rings. The standard InChI is InChI=1S/C12H15BrO4/c1-16-11-7-9(8-12(14)15)3-4-10(11)17-6-2-5-13/h3-4,7H,2,5-6,8H2,1H3,(H,14,15). The van der Waals surface area contributed by atoms with Gasteiger partial charge in [-0.1, -0.05) is 22.0 Å². The van der Waals surface area contributed by atoms with Crippen molar-refractivity contribution in [3.63, 3.8) is 0 Å². The molecule has 1 rings (SSSR count). The summed E-state index contributed by atoms with van der Waals surface area (Å²) in [5, 5.41) is 9.58. The van der Waals surface area contributed by atoms with Crippen molar-refractivity contribution < 1.29 is 19.4 Å². The average molecular weight is 303 g/mol. The van der Waals surface area contributed by atoms with Crippen molar-refractivity contribution in [1.82, 2.24) is 0 Å². The predicted octanol–water partition coefficient (Wildman–Crippen LogP) is 2.49. The maximum atomic E-state index is 10.6. The first-order valence-electron chi connectivity index (χ1n) is 5.25. The van der Waals surface area contributed by atoms with Gasteiger partial charge in [0.1, 0.15) is 0 Å². The molecule has 0 spiro atoms. The van der Waals surface area contributed by atoms with E-state index < -0.39 is 5.97 Å². The largest absolute Gasteiger partial charge is 0.493 e. The summed E-state index contributed by atoms with van der Waals surface area (Å²) in [4.78, 5) is 10.6. The Labute approximate surface area is 109 Å². The summed E-state index contributed by atoms with van der Waals surface area (Å²) in [5.74, 6) is 0.348. The fraction of sp³-hybridized carbons (Fsp3) is 0.417. The molecule has 0 saturated heterocycles. The number of hydrogen-bond donors (Lipinski definition) is 1. The minimum Gasteiger partial charge on any atom is -0.493 e. The highest BCUT2D eigenvalue weighted by Crippen LogP contribution is 2.28. The number of benzene rings is 1. The lowest BCUT2D eigenvalue weighted by molar-refractivity contribution is -0.136. The molecule has 17 heavy (non-hydrogen) atoms. The molecule has 1 aromatic carbocycles. The lowest BCUT2D eigenvalue weighted by Crippen LogP contribution is -2.03. The zero-order valence-electron chi connectivity index (χ0n) is 9.61. The number of hydrogen-bond acceptors (Lipinski definition) is 3. The first kappa shape index (κ1) is 13.8. The summed E-state index contributed by atoms with van der Waals surface area (Å²) in [5.41, 5.74) is 0.696. The van der Waals surface area contributed by atoms with Gasteiger partial charge in [0.15, 0.2) is 11.5 Å². The first-order chi connectivity index (χ1) is 8.17. The molecule has 0 fully saturated rings. The van der Waals surface area contributed by atoms with Crippen LogP contribution in [0.4, 0.5) is 0 Å². The van der Waals surface area contributed by atoms with Crippen LogP contribution < -0.4 is 9.47 Å². The average Bonchev–Trinajstić information content (AvgIpc) is 2.30. The van der Waals surface area contributed by atoms with Crippen molar-refractivity contribution in [2.75, 3.05) is 19.0 Å². The Morgan fingerprint density at radius 1 is 1.41 bits per heavy atom. The van der Waals surface area contributed by atoms with Crippen molar-refractivity contribution in [1.29, 1.82) is 0 Å². The highest BCUT2D eigenvalue weighted by atomic mass is 79.9. The third-order valence-electron chi connectivity index (χ3n) is 2.12. The number of ether oxygens (including phenoxy) is 2. The van der Waals surface area contributed by atoms with E-state index in [1.54, 1.807) is 18.2 Å². The molecule has 0 heterocycles. The Bertz CT molecular complexity index is 379. The second kappa shape index (κ2) is 7.17. The Hall–Kier alpha value is -1.23. The van der Waals surface area contributed by atoms with E-state index in [1.807, 2.05) is 0 Å². The van der Waals surface area contributed by atoms with Gasteiger partial charge in [0.25, 0.3) is 0 Å². The van der Waals surface area contributed by atoms with E-state index in [2.05, 4.69) is 15.9 Å². The van der Waals surface area contributed by atoms with Gasteiger partial charge in [0.05, 0.1) is 20.1 Å². The van der Waals surface area contributed by atoms with E-state index in [4.69, 9.17) is 14.6 Å². The summed E-state index contributed by atoms with van der Waals surface area (Å²) in [7, 11) is 1.54. The maximum absolute atomic E-state index is 10.6. The summed E-state index contributed by atoms with van der Waals surface area (Å²) >= 11 is 3.32. The second-order valence-electron chi connectivity index (χ2n) is 3.45. The summed E-state index contributed by atoms with van der Waals surface area (Å²) in [6, 6.07) is 5.17. The normalized spacial score (nSPS) is 10.0. The molecule has 0 amide bonds. The van der Waals surface area contributed by atoms with Crippen LogP contribution in [0, 0.1) is 0 Å². The molecule has 5 heteroatoms. The molecular weight excluding hydrogens is 288 g/mol. The molecule has 0 radical (unpaired) electrons. The van der Waals surface area contributed by atoms with E-state index in [1.165, 1.54) is 7.11 Å². The van der Waals surface area contributed by atoms with Crippen molar-refractivity contribution in [2.24, 2.45) is 0 Å². The van der Waals surface area contributed by atoms with Crippen LogP contribution in [0.2, 0.25) is 0 Å². The van der Waals surface area contributed by atoms with Gasteiger partial charge in [0, 0.05) is 5.33 Å². The van der Waals surface area contributed by atoms with Crippen molar-refractivity contribution >= 4 is 21.9 Å². The van der Waals surface area contributed by atoms with E-state index in [9.17, 15) is 4.79 Å². The summed E-state index contributed by atoms with van der Waals surface area (Å²) < 4.78 is 10.7. The number of rotatable bonds is 7. The number of carboxylic acids is 1. The molecule has 0 bridgehead atoms. The molecule has 0 aliphatic rings. The third kappa shape index (κ3) is 4.65. The molecule has 4 nitrogen and oxygen atoms in total. The minimum atomic E-state index is -0.861. The zero-order valence-corrected chi connectivity index (χ0v) is 11.2. The van der Waals surface area contributed by atoms with Crippen LogP contribution in [0.15, 0.2) is 18.2 Å². The van der Waals surface area contributed by atoms with Crippen LogP contribution in [0.1, 0.15) is 12.0 Å². The highest BCUT2D eigenvalue weighted by Gasteiger charge is 2.07. The van der Waals surface area contributed by atoms with E-state index >= 15 is 0 Å². The Kier molecular flexibility index (Phi) is 5.83. The first-order valence-corrected chi connectivity index (χ1v) is 6.37. The SMILES string of the molecule is COc1cc(CC(=O)O)ccc1OCCCBr. The smallest absolute Gasteiger partial charge is 0.307 e.